The van der Waals surface area contributed by atoms with Gasteiger partial charge in [0.2, 0.25) is 0 Å². The molecule has 1 aliphatic carbocycles. The summed E-state index contributed by atoms with van der Waals surface area (Å²) in [6.45, 7) is -1.35. The number of urea groups is 1. The number of ether oxygens (including phenoxy) is 1. The Hall–Kier alpha value is -1.96. The lowest BCUT2D eigenvalue weighted by molar-refractivity contribution is -0.153. The lowest BCUT2D eigenvalue weighted by Gasteiger charge is -2.28. The summed E-state index contributed by atoms with van der Waals surface area (Å²) in [7, 11) is 0. The van der Waals surface area contributed by atoms with Gasteiger partial charge in [-0.1, -0.05) is 31.0 Å². The summed E-state index contributed by atoms with van der Waals surface area (Å²) in [5.74, 6) is 0.0767. The van der Waals surface area contributed by atoms with Crippen molar-refractivity contribution in [3.8, 4) is 5.75 Å². The predicted molar refractivity (Wildman–Crippen MR) is 81.6 cm³/mol. The minimum atomic E-state index is -4.42. The fourth-order valence-electron chi connectivity index (χ4n) is 2.62. The molecule has 2 amide bonds. The van der Waals surface area contributed by atoms with Gasteiger partial charge >= 0.3 is 12.2 Å². The zero-order valence-electron chi connectivity index (χ0n) is 13.1. The van der Waals surface area contributed by atoms with Gasteiger partial charge in [-0.05, 0) is 18.9 Å². The van der Waals surface area contributed by atoms with Gasteiger partial charge in [-0.25, -0.2) is 4.79 Å². The van der Waals surface area contributed by atoms with Crippen LogP contribution in [-0.4, -0.2) is 36.1 Å². The lowest BCUT2D eigenvalue weighted by atomic mass is 9.93. The predicted octanol–water partition coefficient (Wildman–Crippen LogP) is 2.73. The van der Waals surface area contributed by atoms with E-state index < -0.39 is 24.9 Å². The van der Waals surface area contributed by atoms with Crippen LogP contribution in [0.4, 0.5) is 18.0 Å². The number of benzene rings is 1. The van der Waals surface area contributed by atoms with E-state index in [-0.39, 0.29) is 18.3 Å². The second-order valence-corrected chi connectivity index (χ2v) is 5.80. The van der Waals surface area contributed by atoms with Crippen molar-refractivity contribution >= 4 is 6.03 Å². The third-order valence-electron chi connectivity index (χ3n) is 3.85. The number of nitrogens with one attached hydrogen (secondary N) is 2. The molecule has 1 aliphatic rings. The van der Waals surface area contributed by atoms with Crippen LogP contribution in [0.5, 0.6) is 5.75 Å². The Morgan fingerprint density at radius 2 is 1.96 bits per heavy atom. The van der Waals surface area contributed by atoms with Gasteiger partial charge in [0.1, 0.15) is 5.75 Å². The van der Waals surface area contributed by atoms with E-state index in [4.69, 9.17) is 4.74 Å². The molecule has 0 saturated heterocycles. The maximum Gasteiger partial charge on any atom is 0.422 e. The van der Waals surface area contributed by atoms with E-state index in [9.17, 15) is 23.1 Å². The van der Waals surface area contributed by atoms with Crippen molar-refractivity contribution in [2.75, 3.05) is 6.61 Å². The second-order valence-electron chi connectivity index (χ2n) is 5.80. The van der Waals surface area contributed by atoms with Gasteiger partial charge in [-0.2, -0.15) is 13.2 Å². The number of para-hydroxylation sites is 1. The highest BCUT2D eigenvalue weighted by molar-refractivity contribution is 5.74. The minimum Gasteiger partial charge on any atom is -0.484 e. The minimum absolute atomic E-state index is 0.0304. The van der Waals surface area contributed by atoms with E-state index in [1.165, 1.54) is 6.07 Å². The number of aliphatic hydroxyl groups excluding tert-OH is 1. The molecule has 0 spiro atoms. The van der Waals surface area contributed by atoms with Crippen LogP contribution < -0.4 is 15.4 Å². The van der Waals surface area contributed by atoms with Gasteiger partial charge in [0.25, 0.3) is 0 Å². The first kappa shape index (κ1) is 18.4. The number of rotatable bonds is 5. The summed E-state index contributed by atoms with van der Waals surface area (Å²) in [5, 5.41) is 15.1. The number of hydrogen-bond donors (Lipinski definition) is 3. The fourth-order valence-corrected chi connectivity index (χ4v) is 2.62. The molecule has 0 heterocycles. The number of carbonyl (C=O) groups is 1. The highest BCUT2D eigenvalue weighted by atomic mass is 19.4. The quantitative estimate of drug-likeness (QED) is 0.768. The standard InChI is InChI=1S/C16H21F3N2O3/c17-16(18,19)10-24-14-8-4-1-5-11(14)9-20-15(23)21-12-6-2-3-7-13(12)22/h1,4-5,8,12-13,22H,2-3,6-7,9-10H2,(H2,20,21,23). The molecule has 0 aromatic heterocycles. The van der Waals surface area contributed by atoms with Gasteiger partial charge in [-0.3, -0.25) is 0 Å². The highest BCUT2D eigenvalue weighted by Crippen LogP contribution is 2.22. The van der Waals surface area contributed by atoms with Crippen molar-refractivity contribution in [2.24, 2.45) is 0 Å². The van der Waals surface area contributed by atoms with Crippen molar-refractivity contribution in [2.45, 2.75) is 50.6 Å². The first-order valence-corrected chi connectivity index (χ1v) is 7.85. The van der Waals surface area contributed by atoms with Crippen LogP contribution in [0.15, 0.2) is 24.3 Å². The Morgan fingerprint density at radius 3 is 2.67 bits per heavy atom. The van der Waals surface area contributed by atoms with Crippen molar-refractivity contribution in [1.82, 2.24) is 10.6 Å². The van der Waals surface area contributed by atoms with Gasteiger partial charge in [-0.15, -0.1) is 0 Å². The highest BCUT2D eigenvalue weighted by Gasteiger charge is 2.29. The molecule has 0 radical (unpaired) electrons. The van der Waals surface area contributed by atoms with Crippen LogP contribution in [0.2, 0.25) is 0 Å². The molecule has 1 aromatic carbocycles. The Kier molecular flexibility index (Phi) is 6.30. The lowest BCUT2D eigenvalue weighted by Crippen LogP contribution is -2.48. The molecular formula is C16H21F3N2O3. The Balaban J connectivity index is 1.86. The maximum atomic E-state index is 12.3. The molecular weight excluding hydrogens is 325 g/mol. The van der Waals surface area contributed by atoms with E-state index >= 15 is 0 Å². The molecule has 24 heavy (non-hydrogen) atoms. The van der Waals surface area contributed by atoms with Crippen LogP contribution in [0.3, 0.4) is 0 Å². The molecule has 134 valence electrons. The molecule has 1 fully saturated rings. The summed E-state index contributed by atoms with van der Waals surface area (Å²) < 4.78 is 41.5. The van der Waals surface area contributed by atoms with Crippen LogP contribution in [0.25, 0.3) is 0 Å². The molecule has 2 rings (SSSR count). The zero-order valence-corrected chi connectivity index (χ0v) is 13.1. The molecule has 1 saturated carbocycles. The van der Waals surface area contributed by atoms with Gasteiger partial charge in [0, 0.05) is 12.1 Å². The van der Waals surface area contributed by atoms with Gasteiger partial charge in [0.15, 0.2) is 6.61 Å². The molecule has 1 aromatic rings. The fraction of sp³-hybridized carbons (Fsp3) is 0.562. The topological polar surface area (TPSA) is 70.6 Å². The first-order valence-electron chi connectivity index (χ1n) is 7.85. The van der Waals surface area contributed by atoms with E-state index in [1.807, 2.05) is 0 Å². The molecule has 2 atom stereocenters. The number of alkyl halides is 3. The van der Waals surface area contributed by atoms with Crippen LogP contribution >= 0.6 is 0 Å². The monoisotopic (exact) mass is 346 g/mol. The van der Waals surface area contributed by atoms with Crippen LogP contribution in [0.1, 0.15) is 31.2 Å². The molecule has 3 N–H and O–H groups in total. The number of carbonyl (C=O) groups excluding carboxylic acids is 1. The summed E-state index contributed by atoms with van der Waals surface area (Å²) in [5.41, 5.74) is 0.445. The van der Waals surface area contributed by atoms with Crippen molar-refractivity contribution in [1.29, 1.82) is 0 Å². The van der Waals surface area contributed by atoms with Crippen LogP contribution in [0, 0.1) is 0 Å². The number of hydrogen-bond acceptors (Lipinski definition) is 3. The first-order chi connectivity index (χ1) is 11.3. The Morgan fingerprint density at radius 1 is 1.25 bits per heavy atom. The normalized spacial score (nSPS) is 21.2. The molecule has 0 bridgehead atoms. The smallest absolute Gasteiger partial charge is 0.422 e. The van der Waals surface area contributed by atoms with Crippen LogP contribution in [-0.2, 0) is 6.54 Å². The van der Waals surface area contributed by atoms with Crippen molar-refractivity contribution < 1.29 is 27.8 Å². The second kappa shape index (κ2) is 8.23. The van der Waals surface area contributed by atoms with E-state index in [0.717, 1.165) is 12.8 Å². The van der Waals surface area contributed by atoms with Gasteiger partial charge < -0.3 is 20.5 Å². The molecule has 2 unspecified atom stereocenters. The van der Waals surface area contributed by atoms with E-state index in [2.05, 4.69) is 10.6 Å². The van der Waals surface area contributed by atoms with Crippen molar-refractivity contribution in [3.05, 3.63) is 29.8 Å². The Bertz CT molecular complexity index is 552. The number of amides is 2. The zero-order chi connectivity index (χ0) is 17.6. The third-order valence-corrected chi connectivity index (χ3v) is 3.85. The van der Waals surface area contributed by atoms with E-state index in [1.54, 1.807) is 18.2 Å². The summed E-state index contributed by atoms with van der Waals surface area (Å²) in [6, 6.07) is 5.46. The summed E-state index contributed by atoms with van der Waals surface area (Å²) in [4.78, 5) is 11.9. The molecule has 5 nitrogen and oxygen atoms in total. The summed E-state index contributed by atoms with van der Waals surface area (Å²) in [6.07, 6.45) is -1.75. The largest absolute Gasteiger partial charge is 0.484 e. The van der Waals surface area contributed by atoms with E-state index in [0.29, 0.717) is 18.4 Å². The number of aliphatic hydroxyl groups is 1. The SMILES string of the molecule is O=C(NCc1ccccc1OCC(F)(F)F)NC1CCCCC1O. The van der Waals surface area contributed by atoms with Crippen molar-refractivity contribution in [3.63, 3.8) is 0 Å². The maximum absolute atomic E-state index is 12.3. The third kappa shape index (κ3) is 5.92. The number of halogens is 3. The average molecular weight is 346 g/mol. The van der Waals surface area contributed by atoms with Gasteiger partial charge in [0.05, 0.1) is 12.1 Å². The molecule has 8 heteroatoms. The average Bonchev–Trinajstić information content (AvgIpc) is 2.53. The summed E-state index contributed by atoms with van der Waals surface area (Å²) >= 11 is 0. The molecule has 0 aliphatic heterocycles. The Labute approximate surface area is 138 Å².